The average Bonchev–Trinajstić information content (AvgIpc) is 2.74. The highest BCUT2D eigenvalue weighted by atomic mass is 16.5. The number of allylic oxidation sites excluding steroid dienone is 1. The van der Waals surface area contributed by atoms with Crippen molar-refractivity contribution in [3.05, 3.63) is 70.8 Å². The van der Waals surface area contributed by atoms with E-state index in [2.05, 4.69) is 11.4 Å². The highest BCUT2D eigenvalue weighted by Gasteiger charge is 2.12. The van der Waals surface area contributed by atoms with Crippen LogP contribution in [0, 0.1) is 6.92 Å². The fraction of sp³-hybridized carbons (Fsp3) is 0.400. The van der Waals surface area contributed by atoms with Gasteiger partial charge in [-0.1, -0.05) is 23.8 Å². The van der Waals surface area contributed by atoms with Crippen LogP contribution in [0.1, 0.15) is 60.5 Å². The van der Waals surface area contributed by atoms with E-state index in [-0.39, 0.29) is 5.91 Å². The Labute approximate surface area is 173 Å². The topological polar surface area (TPSA) is 47.6 Å². The molecule has 1 amide bonds. The largest absolute Gasteiger partial charge is 0.493 e. The van der Waals surface area contributed by atoms with Gasteiger partial charge in [-0.2, -0.15) is 0 Å². The number of rotatable bonds is 9. The molecular formula is C25H31NO3. The molecule has 154 valence electrons. The van der Waals surface area contributed by atoms with Crippen molar-refractivity contribution in [3.63, 3.8) is 0 Å². The fourth-order valence-corrected chi connectivity index (χ4v) is 3.57. The van der Waals surface area contributed by atoms with E-state index < -0.39 is 0 Å². The minimum Gasteiger partial charge on any atom is -0.493 e. The van der Waals surface area contributed by atoms with Gasteiger partial charge in [-0.05, 0) is 81.8 Å². The molecule has 0 heterocycles. The maximum absolute atomic E-state index is 12.6. The summed E-state index contributed by atoms with van der Waals surface area (Å²) < 4.78 is 11.7. The van der Waals surface area contributed by atoms with Gasteiger partial charge in [0.1, 0.15) is 18.1 Å². The van der Waals surface area contributed by atoms with Crippen molar-refractivity contribution >= 4 is 5.91 Å². The second-order valence-electron chi connectivity index (χ2n) is 7.47. The van der Waals surface area contributed by atoms with Gasteiger partial charge < -0.3 is 14.8 Å². The Morgan fingerprint density at radius 3 is 2.76 bits per heavy atom. The quantitative estimate of drug-likeness (QED) is 0.565. The molecule has 1 N–H and O–H groups in total. The molecule has 4 nitrogen and oxygen atoms in total. The zero-order valence-corrected chi connectivity index (χ0v) is 17.5. The second kappa shape index (κ2) is 10.7. The SMILES string of the molecule is CCOc1ccc(C(=O)NCCC2=CCCCC2)cc1COc1cccc(C)c1. The fourth-order valence-electron chi connectivity index (χ4n) is 3.57. The van der Waals surface area contributed by atoms with E-state index in [9.17, 15) is 4.79 Å². The molecule has 2 aromatic carbocycles. The lowest BCUT2D eigenvalue weighted by atomic mass is 9.97. The molecular weight excluding hydrogens is 362 g/mol. The molecule has 29 heavy (non-hydrogen) atoms. The maximum atomic E-state index is 12.6. The van der Waals surface area contributed by atoms with Crippen molar-refractivity contribution in [1.82, 2.24) is 5.32 Å². The molecule has 0 aromatic heterocycles. The lowest BCUT2D eigenvalue weighted by Crippen LogP contribution is -2.25. The number of benzene rings is 2. The van der Waals surface area contributed by atoms with Gasteiger partial charge in [0.05, 0.1) is 6.61 Å². The maximum Gasteiger partial charge on any atom is 0.251 e. The van der Waals surface area contributed by atoms with E-state index in [0.717, 1.165) is 29.0 Å². The Morgan fingerprint density at radius 2 is 2.00 bits per heavy atom. The van der Waals surface area contributed by atoms with E-state index in [4.69, 9.17) is 9.47 Å². The summed E-state index contributed by atoms with van der Waals surface area (Å²) in [5, 5.41) is 3.04. The molecule has 0 fully saturated rings. The summed E-state index contributed by atoms with van der Waals surface area (Å²) in [6.07, 6.45) is 8.16. The van der Waals surface area contributed by atoms with Crippen LogP contribution in [-0.4, -0.2) is 19.1 Å². The van der Waals surface area contributed by atoms with Crippen molar-refractivity contribution in [1.29, 1.82) is 0 Å². The van der Waals surface area contributed by atoms with Crippen LogP contribution in [0.4, 0.5) is 0 Å². The first-order valence-corrected chi connectivity index (χ1v) is 10.6. The summed E-state index contributed by atoms with van der Waals surface area (Å²) >= 11 is 0. The molecule has 1 aliphatic rings. The Bertz CT molecular complexity index is 857. The van der Waals surface area contributed by atoms with Gasteiger partial charge >= 0.3 is 0 Å². The van der Waals surface area contributed by atoms with E-state index in [1.165, 1.54) is 31.3 Å². The molecule has 0 saturated heterocycles. The van der Waals surface area contributed by atoms with Gasteiger partial charge in [0.2, 0.25) is 0 Å². The smallest absolute Gasteiger partial charge is 0.251 e. The molecule has 0 radical (unpaired) electrons. The summed E-state index contributed by atoms with van der Waals surface area (Å²) in [5.74, 6) is 1.51. The molecule has 0 aliphatic heterocycles. The molecule has 0 atom stereocenters. The third-order valence-electron chi connectivity index (χ3n) is 5.12. The molecule has 0 spiro atoms. The first-order valence-electron chi connectivity index (χ1n) is 10.6. The van der Waals surface area contributed by atoms with Crippen LogP contribution >= 0.6 is 0 Å². The van der Waals surface area contributed by atoms with Gasteiger partial charge in [-0.3, -0.25) is 4.79 Å². The highest BCUT2D eigenvalue weighted by molar-refractivity contribution is 5.94. The van der Waals surface area contributed by atoms with E-state index in [0.29, 0.717) is 25.3 Å². The number of hydrogen-bond donors (Lipinski definition) is 1. The van der Waals surface area contributed by atoms with Crippen LogP contribution in [-0.2, 0) is 6.61 Å². The summed E-state index contributed by atoms with van der Waals surface area (Å²) in [4.78, 5) is 12.6. The van der Waals surface area contributed by atoms with Crippen molar-refractivity contribution in [2.45, 2.75) is 52.6 Å². The van der Waals surface area contributed by atoms with Gasteiger partial charge in [-0.15, -0.1) is 0 Å². The highest BCUT2D eigenvalue weighted by Crippen LogP contribution is 2.24. The van der Waals surface area contributed by atoms with Crippen LogP contribution in [0.15, 0.2) is 54.1 Å². The molecule has 0 saturated carbocycles. The number of nitrogens with one attached hydrogen (secondary N) is 1. The standard InChI is InChI=1S/C25H31NO3/c1-3-28-24-13-12-21(25(27)26-15-14-20-9-5-4-6-10-20)17-22(24)18-29-23-11-7-8-19(2)16-23/h7-9,11-13,16-17H,3-6,10,14-15,18H2,1-2H3,(H,26,27). The van der Waals surface area contributed by atoms with Crippen LogP contribution in [0.2, 0.25) is 0 Å². The predicted molar refractivity (Wildman–Crippen MR) is 117 cm³/mol. The molecule has 1 aliphatic carbocycles. The molecule has 0 bridgehead atoms. The molecule has 3 rings (SSSR count). The monoisotopic (exact) mass is 393 g/mol. The average molecular weight is 394 g/mol. The van der Waals surface area contributed by atoms with Gasteiger partial charge in [0.15, 0.2) is 0 Å². The normalized spacial score (nSPS) is 13.5. The number of carbonyl (C=O) groups excluding carboxylic acids is 1. The molecule has 0 unspecified atom stereocenters. The third kappa shape index (κ3) is 6.38. The third-order valence-corrected chi connectivity index (χ3v) is 5.12. The van der Waals surface area contributed by atoms with Crippen molar-refractivity contribution < 1.29 is 14.3 Å². The molecule has 2 aromatic rings. The summed E-state index contributed by atoms with van der Waals surface area (Å²) in [5.41, 5.74) is 4.12. The number of aryl methyl sites for hydroxylation is 1. The number of ether oxygens (including phenoxy) is 2. The zero-order valence-electron chi connectivity index (χ0n) is 17.5. The van der Waals surface area contributed by atoms with Gasteiger partial charge in [0, 0.05) is 17.7 Å². The van der Waals surface area contributed by atoms with Gasteiger partial charge in [-0.25, -0.2) is 0 Å². The van der Waals surface area contributed by atoms with Crippen LogP contribution < -0.4 is 14.8 Å². The van der Waals surface area contributed by atoms with Crippen molar-refractivity contribution in [2.24, 2.45) is 0 Å². The first-order chi connectivity index (χ1) is 14.2. The van der Waals surface area contributed by atoms with Crippen molar-refractivity contribution in [2.75, 3.05) is 13.2 Å². The first kappa shape index (κ1) is 21.0. The van der Waals surface area contributed by atoms with E-state index in [1.807, 2.05) is 56.3 Å². The van der Waals surface area contributed by atoms with Crippen LogP contribution in [0.3, 0.4) is 0 Å². The van der Waals surface area contributed by atoms with E-state index in [1.54, 1.807) is 0 Å². The zero-order chi connectivity index (χ0) is 20.5. The van der Waals surface area contributed by atoms with Gasteiger partial charge in [0.25, 0.3) is 5.91 Å². The molecule has 4 heteroatoms. The van der Waals surface area contributed by atoms with Crippen LogP contribution in [0.25, 0.3) is 0 Å². The number of hydrogen-bond acceptors (Lipinski definition) is 3. The number of carbonyl (C=O) groups is 1. The summed E-state index contributed by atoms with van der Waals surface area (Å²) in [7, 11) is 0. The minimum atomic E-state index is -0.0544. The van der Waals surface area contributed by atoms with Crippen LogP contribution in [0.5, 0.6) is 11.5 Å². The minimum absolute atomic E-state index is 0.0544. The lowest BCUT2D eigenvalue weighted by molar-refractivity contribution is 0.0954. The Kier molecular flexibility index (Phi) is 7.74. The number of amides is 1. The Balaban J connectivity index is 1.63. The second-order valence-corrected chi connectivity index (χ2v) is 7.47. The van der Waals surface area contributed by atoms with Crippen molar-refractivity contribution in [3.8, 4) is 11.5 Å². The van der Waals surface area contributed by atoms with E-state index >= 15 is 0 Å². The lowest BCUT2D eigenvalue weighted by Gasteiger charge is -2.15. The Hall–Kier alpha value is -2.75. The summed E-state index contributed by atoms with van der Waals surface area (Å²) in [6, 6.07) is 13.5. The predicted octanol–water partition coefficient (Wildman–Crippen LogP) is 5.59. The summed E-state index contributed by atoms with van der Waals surface area (Å²) in [6.45, 7) is 5.58. The Morgan fingerprint density at radius 1 is 1.10 bits per heavy atom.